The monoisotopic (exact) mass is 213 g/mol. The summed E-state index contributed by atoms with van der Waals surface area (Å²) in [6.07, 6.45) is 3.34. The molecule has 0 aromatic carbocycles. The fourth-order valence-corrected chi connectivity index (χ4v) is 2.30. The van der Waals surface area contributed by atoms with Crippen molar-refractivity contribution in [1.82, 2.24) is 5.32 Å². The molecule has 1 fully saturated rings. The third kappa shape index (κ3) is 3.18. The van der Waals surface area contributed by atoms with Gasteiger partial charge in [0.15, 0.2) is 0 Å². The van der Waals surface area contributed by atoms with Crippen molar-refractivity contribution < 1.29 is 4.74 Å². The minimum absolute atomic E-state index is 0.0833. The summed E-state index contributed by atoms with van der Waals surface area (Å²) >= 11 is 0. The van der Waals surface area contributed by atoms with Crippen molar-refractivity contribution >= 4 is 0 Å². The Labute approximate surface area is 94.8 Å². The summed E-state index contributed by atoms with van der Waals surface area (Å²) in [5, 5.41) is 3.69. The van der Waals surface area contributed by atoms with Gasteiger partial charge in [-0.05, 0) is 24.7 Å². The zero-order valence-corrected chi connectivity index (χ0v) is 11.0. The number of hydrogen-bond donors (Lipinski definition) is 1. The normalized spacial score (nSPS) is 27.4. The van der Waals surface area contributed by atoms with Crippen LogP contribution in [0.15, 0.2) is 0 Å². The van der Waals surface area contributed by atoms with Crippen molar-refractivity contribution in [2.75, 3.05) is 13.2 Å². The lowest BCUT2D eigenvalue weighted by Crippen LogP contribution is -2.46. The van der Waals surface area contributed by atoms with Crippen molar-refractivity contribution in [2.24, 2.45) is 5.41 Å². The van der Waals surface area contributed by atoms with Crippen molar-refractivity contribution in [3.8, 4) is 0 Å². The van der Waals surface area contributed by atoms with E-state index in [-0.39, 0.29) is 5.60 Å². The van der Waals surface area contributed by atoms with Crippen LogP contribution in [0.1, 0.15) is 53.9 Å². The van der Waals surface area contributed by atoms with Gasteiger partial charge < -0.3 is 10.1 Å². The molecule has 2 heteroatoms. The van der Waals surface area contributed by atoms with Crippen LogP contribution >= 0.6 is 0 Å². The molecule has 0 spiro atoms. The zero-order valence-electron chi connectivity index (χ0n) is 11.0. The van der Waals surface area contributed by atoms with Crippen LogP contribution in [0.25, 0.3) is 0 Å². The van der Waals surface area contributed by atoms with Crippen molar-refractivity contribution in [3.63, 3.8) is 0 Å². The zero-order chi connectivity index (χ0) is 11.5. The fourth-order valence-electron chi connectivity index (χ4n) is 2.30. The van der Waals surface area contributed by atoms with Gasteiger partial charge >= 0.3 is 0 Å². The Balaban J connectivity index is 2.63. The predicted octanol–water partition coefficient (Wildman–Crippen LogP) is 2.97. The average molecular weight is 213 g/mol. The third-order valence-electron chi connectivity index (χ3n) is 3.82. The third-order valence-corrected chi connectivity index (χ3v) is 3.82. The number of rotatable bonds is 2. The molecule has 1 rings (SSSR count). The van der Waals surface area contributed by atoms with E-state index in [1.807, 2.05) is 0 Å². The molecular formula is C13H27NO. The minimum Gasteiger partial charge on any atom is -0.374 e. The summed E-state index contributed by atoms with van der Waals surface area (Å²) in [6.45, 7) is 13.3. The molecule has 1 saturated heterocycles. The molecule has 0 radical (unpaired) electrons. The second-order valence-corrected chi connectivity index (χ2v) is 5.83. The van der Waals surface area contributed by atoms with E-state index in [1.165, 1.54) is 0 Å². The van der Waals surface area contributed by atoms with Gasteiger partial charge in [0.25, 0.3) is 0 Å². The molecule has 1 N–H and O–H groups in total. The average Bonchev–Trinajstić information content (AvgIpc) is 2.39. The Hall–Kier alpha value is -0.0800. The lowest BCUT2D eigenvalue weighted by Gasteiger charge is -2.33. The van der Waals surface area contributed by atoms with Gasteiger partial charge in [0.2, 0.25) is 0 Å². The van der Waals surface area contributed by atoms with E-state index in [2.05, 4.69) is 39.9 Å². The van der Waals surface area contributed by atoms with Crippen LogP contribution in [-0.2, 0) is 4.74 Å². The van der Waals surface area contributed by atoms with E-state index >= 15 is 0 Å². The van der Waals surface area contributed by atoms with Crippen molar-refractivity contribution in [2.45, 2.75) is 65.5 Å². The molecule has 1 aliphatic heterocycles. The maximum atomic E-state index is 6.05. The second kappa shape index (κ2) is 4.84. The van der Waals surface area contributed by atoms with E-state index in [0.29, 0.717) is 11.5 Å². The first-order chi connectivity index (χ1) is 6.93. The maximum Gasteiger partial charge on any atom is 0.0801 e. The molecule has 90 valence electrons. The van der Waals surface area contributed by atoms with Gasteiger partial charge in [0.1, 0.15) is 0 Å². The molecule has 0 bridgehead atoms. The van der Waals surface area contributed by atoms with Gasteiger partial charge in [-0.3, -0.25) is 0 Å². The van der Waals surface area contributed by atoms with Gasteiger partial charge in [-0.1, -0.05) is 34.6 Å². The molecule has 1 atom stereocenters. The topological polar surface area (TPSA) is 21.3 Å². The van der Waals surface area contributed by atoms with Crippen LogP contribution < -0.4 is 5.32 Å². The van der Waals surface area contributed by atoms with E-state index in [9.17, 15) is 0 Å². The van der Waals surface area contributed by atoms with E-state index in [4.69, 9.17) is 4.74 Å². The summed E-state index contributed by atoms with van der Waals surface area (Å²) < 4.78 is 6.05. The Morgan fingerprint density at radius 1 is 1.27 bits per heavy atom. The van der Waals surface area contributed by atoms with E-state index in [0.717, 1.165) is 32.4 Å². The summed E-state index contributed by atoms with van der Waals surface area (Å²) in [5.41, 5.74) is 0.418. The van der Waals surface area contributed by atoms with E-state index < -0.39 is 0 Å². The van der Waals surface area contributed by atoms with Gasteiger partial charge in [-0.15, -0.1) is 0 Å². The summed E-state index contributed by atoms with van der Waals surface area (Å²) in [4.78, 5) is 0. The van der Waals surface area contributed by atoms with E-state index in [1.54, 1.807) is 0 Å². The number of ether oxygens (including phenoxy) is 1. The maximum absolute atomic E-state index is 6.05. The summed E-state index contributed by atoms with van der Waals surface area (Å²) in [7, 11) is 0. The SMILES string of the molecule is CCC1(CC)CNC(C(C)(C)C)CCO1. The lowest BCUT2D eigenvalue weighted by atomic mass is 9.85. The molecule has 0 amide bonds. The fraction of sp³-hybridized carbons (Fsp3) is 1.00. The molecule has 0 aromatic heterocycles. The molecule has 0 aromatic rings. The van der Waals surface area contributed by atoms with Crippen molar-refractivity contribution in [1.29, 1.82) is 0 Å². The highest BCUT2D eigenvalue weighted by Gasteiger charge is 2.34. The minimum atomic E-state index is 0.0833. The van der Waals surface area contributed by atoms with Gasteiger partial charge in [0.05, 0.1) is 5.60 Å². The standard InChI is InChI=1S/C13H27NO/c1-6-13(7-2)10-14-11(8-9-15-13)12(3,4)5/h11,14H,6-10H2,1-5H3. The highest BCUT2D eigenvalue weighted by molar-refractivity contribution is 4.89. The highest BCUT2D eigenvalue weighted by atomic mass is 16.5. The molecule has 0 aliphatic carbocycles. The molecule has 1 heterocycles. The van der Waals surface area contributed by atoms with Gasteiger partial charge in [-0.25, -0.2) is 0 Å². The first kappa shape index (κ1) is 13.0. The number of hydrogen-bond acceptors (Lipinski definition) is 2. The molecule has 2 nitrogen and oxygen atoms in total. The van der Waals surface area contributed by atoms with Gasteiger partial charge in [-0.2, -0.15) is 0 Å². The first-order valence-electron chi connectivity index (χ1n) is 6.31. The Bertz CT molecular complexity index is 191. The van der Waals surface area contributed by atoms with Crippen LogP contribution in [0, 0.1) is 5.41 Å². The Morgan fingerprint density at radius 3 is 2.33 bits per heavy atom. The predicted molar refractivity (Wildman–Crippen MR) is 65.1 cm³/mol. The lowest BCUT2D eigenvalue weighted by molar-refractivity contribution is -0.0389. The highest BCUT2D eigenvalue weighted by Crippen LogP contribution is 2.28. The largest absolute Gasteiger partial charge is 0.374 e. The molecule has 1 aliphatic rings. The number of nitrogens with one attached hydrogen (secondary N) is 1. The summed E-state index contributed by atoms with van der Waals surface area (Å²) in [5.74, 6) is 0. The van der Waals surface area contributed by atoms with Crippen LogP contribution in [-0.4, -0.2) is 24.8 Å². The first-order valence-corrected chi connectivity index (χ1v) is 6.31. The quantitative estimate of drug-likeness (QED) is 0.761. The van der Waals surface area contributed by atoms with Crippen LogP contribution in [0.4, 0.5) is 0 Å². The Kier molecular flexibility index (Phi) is 4.19. The Morgan fingerprint density at radius 2 is 1.87 bits per heavy atom. The molecule has 0 saturated carbocycles. The molecule has 15 heavy (non-hydrogen) atoms. The van der Waals surface area contributed by atoms with Crippen LogP contribution in [0.5, 0.6) is 0 Å². The van der Waals surface area contributed by atoms with Gasteiger partial charge in [0, 0.05) is 19.2 Å². The second-order valence-electron chi connectivity index (χ2n) is 5.83. The van der Waals surface area contributed by atoms with Crippen LogP contribution in [0.2, 0.25) is 0 Å². The van der Waals surface area contributed by atoms with Crippen molar-refractivity contribution in [3.05, 3.63) is 0 Å². The smallest absolute Gasteiger partial charge is 0.0801 e. The molecule has 1 unspecified atom stereocenters. The summed E-state index contributed by atoms with van der Waals surface area (Å²) in [6, 6.07) is 0.581. The molecular weight excluding hydrogens is 186 g/mol. The van der Waals surface area contributed by atoms with Crippen LogP contribution in [0.3, 0.4) is 0 Å².